The number of para-hydroxylation sites is 1. The van der Waals surface area contributed by atoms with Crippen molar-refractivity contribution in [3.63, 3.8) is 0 Å². The second-order valence-corrected chi connectivity index (χ2v) is 7.56. The number of aromatic nitrogens is 2. The minimum absolute atomic E-state index is 0.144. The zero-order valence-corrected chi connectivity index (χ0v) is 18.0. The lowest BCUT2D eigenvalue weighted by Crippen LogP contribution is -2.22. The van der Waals surface area contributed by atoms with Crippen LogP contribution in [0.3, 0.4) is 0 Å². The Kier molecular flexibility index (Phi) is 5.68. The van der Waals surface area contributed by atoms with Crippen LogP contribution in [0.2, 0.25) is 0 Å². The summed E-state index contributed by atoms with van der Waals surface area (Å²) in [6, 6.07) is 18.9. The first kappa shape index (κ1) is 20.6. The van der Waals surface area contributed by atoms with E-state index in [1.54, 1.807) is 43.5 Å². The first-order valence-corrected chi connectivity index (χ1v) is 10.1. The fraction of sp³-hybridized carbons (Fsp3) is 0.0417. The van der Waals surface area contributed by atoms with Crippen molar-refractivity contribution in [2.75, 3.05) is 7.11 Å². The van der Waals surface area contributed by atoms with Gasteiger partial charge in [0, 0.05) is 0 Å². The molecule has 0 aliphatic heterocycles. The van der Waals surface area contributed by atoms with E-state index in [-0.39, 0.29) is 11.1 Å². The highest BCUT2D eigenvalue weighted by molar-refractivity contribution is 9.10. The third-order valence-electron chi connectivity index (χ3n) is 4.77. The van der Waals surface area contributed by atoms with Gasteiger partial charge in [-0.25, -0.2) is 9.78 Å². The molecule has 0 bridgehead atoms. The Morgan fingerprint density at radius 3 is 2.48 bits per heavy atom. The number of halogens is 1. The molecule has 1 aromatic heterocycles. The molecule has 3 aromatic carbocycles. The summed E-state index contributed by atoms with van der Waals surface area (Å²) >= 11 is 3.47. The Morgan fingerprint density at radius 2 is 1.81 bits per heavy atom. The number of carboxylic acids is 1. The number of benzene rings is 3. The van der Waals surface area contributed by atoms with Gasteiger partial charge in [-0.3, -0.25) is 9.36 Å². The van der Waals surface area contributed by atoms with Crippen LogP contribution in [0.5, 0.6) is 5.75 Å². The van der Waals surface area contributed by atoms with Crippen LogP contribution in [-0.4, -0.2) is 27.7 Å². The van der Waals surface area contributed by atoms with E-state index in [0.29, 0.717) is 22.4 Å². The Balaban J connectivity index is 1.87. The third-order valence-corrected chi connectivity index (χ3v) is 5.39. The summed E-state index contributed by atoms with van der Waals surface area (Å²) in [6.07, 6.45) is 3.61. The number of methoxy groups -OCH3 is 1. The van der Waals surface area contributed by atoms with Gasteiger partial charge >= 0.3 is 5.97 Å². The van der Waals surface area contributed by atoms with E-state index in [1.165, 1.54) is 16.7 Å². The van der Waals surface area contributed by atoms with E-state index in [2.05, 4.69) is 20.9 Å². The molecule has 0 saturated heterocycles. The van der Waals surface area contributed by atoms with Crippen LogP contribution in [0.1, 0.15) is 21.7 Å². The predicted octanol–water partition coefficient (Wildman–Crippen LogP) is 5.03. The summed E-state index contributed by atoms with van der Waals surface area (Å²) in [4.78, 5) is 29.1. The van der Waals surface area contributed by atoms with Gasteiger partial charge in [-0.05, 0) is 76.1 Å². The van der Waals surface area contributed by atoms with Crippen LogP contribution in [0, 0.1) is 0 Å². The molecule has 1 N–H and O–H groups in total. The molecule has 4 rings (SSSR count). The Labute approximate surface area is 186 Å². The Morgan fingerprint density at radius 1 is 1.06 bits per heavy atom. The standard InChI is InChI=1S/C24H17BrN2O4/c1-31-21-12-6-15(14-19(21)25)7-13-22-26-20-5-3-2-4-18(20)23(28)27(22)17-10-8-16(9-11-17)24(29)30/h2-14H,1H3,(H,29,30)/b13-7+. The number of hydrogen-bond acceptors (Lipinski definition) is 4. The maximum Gasteiger partial charge on any atom is 0.335 e. The fourth-order valence-electron chi connectivity index (χ4n) is 3.22. The maximum absolute atomic E-state index is 13.3. The molecule has 0 atom stereocenters. The largest absolute Gasteiger partial charge is 0.496 e. The van der Waals surface area contributed by atoms with Crippen molar-refractivity contribution in [2.45, 2.75) is 0 Å². The lowest BCUT2D eigenvalue weighted by Gasteiger charge is -2.12. The van der Waals surface area contributed by atoms with Gasteiger partial charge in [0.25, 0.3) is 5.56 Å². The first-order chi connectivity index (χ1) is 15.0. The van der Waals surface area contributed by atoms with Gasteiger partial charge in [0.1, 0.15) is 11.6 Å². The number of fused-ring (bicyclic) bond motifs is 1. The molecule has 0 unspecified atom stereocenters. The zero-order chi connectivity index (χ0) is 22.0. The lowest BCUT2D eigenvalue weighted by atomic mass is 10.1. The second-order valence-electron chi connectivity index (χ2n) is 6.71. The van der Waals surface area contributed by atoms with Gasteiger partial charge in [-0.15, -0.1) is 0 Å². The van der Waals surface area contributed by atoms with Crippen molar-refractivity contribution < 1.29 is 14.6 Å². The maximum atomic E-state index is 13.3. The van der Waals surface area contributed by atoms with Crippen molar-refractivity contribution in [3.8, 4) is 11.4 Å². The molecule has 154 valence electrons. The number of rotatable bonds is 5. The molecule has 31 heavy (non-hydrogen) atoms. The summed E-state index contributed by atoms with van der Waals surface area (Å²) in [6.45, 7) is 0. The van der Waals surface area contributed by atoms with Crippen molar-refractivity contribution in [3.05, 3.63) is 98.5 Å². The molecule has 7 heteroatoms. The molecule has 1 heterocycles. The van der Waals surface area contributed by atoms with Crippen LogP contribution in [0.25, 0.3) is 28.7 Å². The molecule has 6 nitrogen and oxygen atoms in total. The van der Waals surface area contributed by atoms with Gasteiger partial charge in [-0.2, -0.15) is 0 Å². The quantitative estimate of drug-likeness (QED) is 0.437. The van der Waals surface area contributed by atoms with Crippen LogP contribution in [0.15, 0.2) is 76.0 Å². The summed E-state index contributed by atoms with van der Waals surface area (Å²) in [7, 11) is 1.60. The molecule has 0 saturated carbocycles. The van der Waals surface area contributed by atoms with Gasteiger partial charge in [0.05, 0.1) is 33.7 Å². The van der Waals surface area contributed by atoms with E-state index < -0.39 is 5.97 Å². The smallest absolute Gasteiger partial charge is 0.335 e. The normalized spacial score (nSPS) is 11.2. The molecule has 0 spiro atoms. The number of carboxylic acid groups (broad SMARTS) is 1. The van der Waals surface area contributed by atoms with Gasteiger partial charge in [-0.1, -0.05) is 24.3 Å². The van der Waals surface area contributed by atoms with E-state index in [0.717, 1.165) is 15.8 Å². The highest BCUT2D eigenvalue weighted by atomic mass is 79.9. The Hall–Kier alpha value is -3.71. The van der Waals surface area contributed by atoms with Crippen LogP contribution in [0.4, 0.5) is 0 Å². The molecular weight excluding hydrogens is 460 g/mol. The number of aromatic carboxylic acids is 1. The molecular formula is C24H17BrN2O4. The number of ether oxygens (including phenoxy) is 1. The summed E-state index contributed by atoms with van der Waals surface area (Å²) in [5, 5.41) is 9.64. The van der Waals surface area contributed by atoms with E-state index in [9.17, 15) is 9.59 Å². The number of hydrogen-bond donors (Lipinski definition) is 1. The van der Waals surface area contributed by atoms with Gasteiger partial charge in [0.2, 0.25) is 0 Å². The minimum atomic E-state index is -1.03. The summed E-state index contributed by atoms with van der Waals surface area (Å²) < 4.78 is 7.55. The molecule has 0 aliphatic rings. The highest BCUT2D eigenvalue weighted by Gasteiger charge is 2.12. The molecule has 0 radical (unpaired) electrons. The van der Waals surface area contributed by atoms with Crippen LogP contribution < -0.4 is 10.3 Å². The van der Waals surface area contributed by atoms with Gasteiger partial charge in [0.15, 0.2) is 0 Å². The summed E-state index contributed by atoms with van der Waals surface area (Å²) in [5.74, 6) is 0.121. The lowest BCUT2D eigenvalue weighted by molar-refractivity contribution is 0.0697. The topological polar surface area (TPSA) is 81.4 Å². The average Bonchev–Trinajstić information content (AvgIpc) is 2.78. The zero-order valence-electron chi connectivity index (χ0n) is 16.4. The molecule has 0 amide bonds. The van der Waals surface area contributed by atoms with Crippen molar-refractivity contribution in [1.29, 1.82) is 0 Å². The average molecular weight is 477 g/mol. The monoisotopic (exact) mass is 476 g/mol. The second kappa shape index (κ2) is 8.57. The number of carbonyl (C=O) groups is 1. The highest BCUT2D eigenvalue weighted by Crippen LogP contribution is 2.26. The van der Waals surface area contributed by atoms with Crippen molar-refractivity contribution >= 4 is 45.0 Å². The summed E-state index contributed by atoms with van der Waals surface area (Å²) in [5.41, 5.74) is 1.92. The van der Waals surface area contributed by atoms with Crippen LogP contribution in [-0.2, 0) is 0 Å². The van der Waals surface area contributed by atoms with Gasteiger partial charge < -0.3 is 9.84 Å². The predicted molar refractivity (Wildman–Crippen MR) is 124 cm³/mol. The Bertz CT molecular complexity index is 1370. The molecule has 0 fully saturated rings. The van der Waals surface area contributed by atoms with Crippen molar-refractivity contribution in [2.24, 2.45) is 0 Å². The minimum Gasteiger partial charge on any atom is -0.496 e. The molecule has 0 aliphatic carbocycles. The van der Waals surface area contributed by atoms with Crippen molar-refractivity contribution in [1.82, 2.24) is 9.55 Å². The third kappa shape index (κ3) is 4.13. The van der Waals surface area contributed by atoms with Crippen LogP contribution >= 0.6 is 15.9 Å². The SMILES string of the molecule is COc1ccc(/C=C/c2nc3ccccc3c(=O)n2-c2ccc(C(=O)O)cc2)cc1Br. The number of nitrogens with zero attached hydrogens (tertiary/aromatic N) is 2. The first-order valence-electron chi connectivity index (χ1n) is 9.35. The molecule has 4 aromatic rings. The van der Waals surface area contributed by atoms with E-state index >= 15 is 0 Å². The fourth-order valence-corrected chi connectivity index (χ4v) is 3.78. The van der Waals surface area contributed by atoms with E-state index in [4.69, 9.17) is 9.84 Å². The van der Waals surface area contributed by atoms with E-state index in [1.807, 2.05) is 30.3 Å².